The maximum absolute atomic E-state index is 11.5. The number of aryl methyl sites for hydroxylation is 1. The molecule has 0 saturated carbocycles. The van der Waals surface area contributed by atoms with Crippen LogP contribution in [0.3, 0.4) is 0 Å². The van der Waals surface area contributed by atoms with Crippen molar-refractivity contribution in [1.82, 2.24) is 9.88 Å². The van der Waals surface area contributed by atoms with Crippen LogP contribution in [0.15, 0.2) is 30.5 Å². The number of aromatic nitrogens is 1. The molecule has 0 bridgehead atoms. The summed E-state index contributed by atoms with van der Waals surface area (Å²) in [5, 5.41) is 10.6. The number of ether oxygens (including phenoxy) is 1. The van der Waals surface area contributed by atoms with Crippen LogP contribution in [0.1, 0.15) is 51.0 Å². The Morgan fingerprint density at radius 3 is 2.91 bits per heavy atom. The summed E-state index contributed by atoms with van der Waals surface area (Å²) < 4.78 is 5.40. The number of methoxy groups -OCH3 is 1. The Kier molecular flexibility index (Phi) is 10.1. The van der Waals surface area contributed by atoms with Gasteiger partial charge in [-0.25, -0.2) is 0 Å². The molecule has 2 atom stereocenters. The molecule has 0 radical (unpaired) electrons. The number of piperidine rings is 1. The molecule has 2 aromatic rings. The zero-order chi connectivity index (χ0) is 22.8. The normalized spacial score (nSPS) is 19.3. The molecule has 1 aliphatic rings. The van der Waals surface area contributed by atoms with Crippen molar-refractivity contribution in [1.29, 1.82) is 0 Å². The molecule has 3 rings (SSSR count). The number of rotatable bonds is 13. The third kappa shape index (κ3) is 7.38. The van der Waals surface area contributed by atoms with Gasteiger partial charge in [-0.3, -0.25) is 9.78 Å². The van der Waals surface area contributed by atoms with Gasteiger partial charge in [0, 0.05) is 24.5 Å². The van der Waals surface area contributed by atoms with E-state index in [-0.39, 0.29) is 5.92 Å². The Hall–Kier alpha value is -1.79. The maximum Gasteiger partial charge on any atom is 0.303 e. The van der Waals surface area contributed by atoms with E-state index in [1.807, 2.05) is 30.1 Å². The molecule has 1 aromatic carbocycles. The third-order valence-electron chi connectivity index (χ3n) is 6.58. The first-order chi connectivity index (χ1) is 15.6. The lowest BCUT2D eigenvalue weighted by atomic mass is 9.80. The van der Waals surface area contributed by atoms with Gasteiger partial charge in [0.1, 0.15) is 5.75 Å². The van der Waals surface area contributed by atoms with E-state index >= 15 is 0 Å². The monoisotopic (exact) mass is 458 g/mol. The van der Waals surface area contributed by atoms with Crippen LogP contribution in [0.5, 0.6) is 5.75 Å². The molecule has 2 heterocycles. The number of benzene rings is 1. The number of hydrogen-bond acceptors (Lipinski definition) is 5. The number of likely N-dealkylation sites (tertiary alicyclic amines) is 1. The number of thioether (sulfide) groups is 1. The first-order valence-electron chi connectivity index (χ1n) is 12.0. The van der Waals surface area contributed by atoms with Crippen LogP contribution in [0.4, 0.5) is 0 Å². The van der Waals surface area contributed by atoms with Crippen LogP contribution in [0.25, 0.3) is 10.9 Å². The standard InChI is InChI=1S/C26H38N2O3S/c1-3-15-32-16-5-13-28-14-11-20(22(19-28)17-26(29)30)6-4-7-21-10-12-27-25-9-8-23(31-2)18-24(21)25/h8-10,12,18,20,22H,3-7,11,13-17,19H2,1-2H3,(H,29,30)/t20-,22+/m1/s1. The highest BCUT2D eigenvalue weighted by Gasteiger charge is 2.30. The summed E-state index contributed by atoms with van der Waals surface area (Å²) >= 11 is 2.03. The summed E-state index contributed by atoms with van der Waals surface area (Å²) in [5.74, 6) is 3.41. The topological polar surface area (TPSA) is 62.7 Å². The Balaban J connectivity index is 1.53. The van der Waals surface area contributed by atoms with Crippen molar-refractivity contribution in [3.05, 3.63) is 36.0 Å². The first-order valence-corrected chi connectivity index (χ1v) is 13.2. The van der Waals surface area contributed by atoms with Crippen molar-refractivity contribution in [2.75, 3.05) is 38.2 Å². The minimum absolute atomic E-state index is 0.263. The molecule has 1 N–H and O–H groups in total. The Bertz CT molecular complexity index is 860. The molecule has 1 fully saturated rings. The van der Waals surface area contributed by atoms with E-state index in [0.717, 1.165) is 62.0 Å². The highest BCUT2D eigenvalue weighted by atomic mass is 32.2. The fourth-order valence-electron chi connectivity index (χ4n) is 4.91. The van der Waals surface area contributed by atoms with Gasteiger partial charge in [0.15, 0.2) is 0 Å². The number of carboxylic acid groups (broad SMARTS) is 1. The number of carboxylic acids is 1. The summed E-state index contributed by atoms with van der Waals surface area (Å²) in [4.78, 5) is 18.5. The van der Waals surface area contributed by atoms with E-state index in [4.69, 9.17) is 4.74 Å². The molecule has 5 nitrogen and oxygen atoms in total. The zero-order valence-electron chi connectivity index (χ0n) is 19.6. The van der Waals surface area contributed by atoms with Crippen LogP contribution in [-0.2, 0) is 11.2 Å². The first kappa shape index (κ1) is 24.8. The number of carbonyl (C=O) groups is 1. The number of fused-ring (bicyclic) bond motifs is 1. The fraction of sp³-hybridized carbons (Fsp3) is 0.615. The van der Waals surface area contributed by atoms with E-state index in [9.17, 15) is 9.90 Å². The van der Waals surface area contributed by atoms with Crippen molar-refractivity contribution in [2.24, 2.45) is 11.8 Å². The largest absolute Gasteiger partial charge is 0.497 e. The van der Waals surface area contributed by atoms with Gasteiger partial charge < -0.3 is 14.7 Å². The molecule has 0 aliphatic carbocycles. The SMILES string of the molecule is CCCSCCCN1CC[C@@H](CCCc2ccnc3ccc(OC)cc23)[C@@H](CC(=O)O)C1. The minimum Gasteiger partial charge on any atom is -0.497 e. The van der Waals surface area contributed by atoms with Gasteiger partial charge in [-0.15, -0.1) is 0 Å². The molecule has 0 spiro atoms. The summed E-state index contributed by atoms with van der Waals surface area (Å²) in [6, 6.07) is 8.14. The quantitative estimate of drug-likeness (QED) is 0.399. The van der Waals surface area contributed by atoms with Gasteiger partial charge in [0.05, 0.1) is 12.6 Å². The third-order valence-corrected chi connectivity index (χ3v) is 7.86. The second kappa shape index (κ2) is 13.0. The van der Waals surface area contributed by atoms with Gasteiger partial charge in [-0.2, -0.15) is 11.8 Å². The second-order valence-electron chi connectivity index (χ2n) is 8.92. The van der Waals surface area contributed by atoms with E-state index in [0.29, 0.717) is 12.3 Å². The lowest BCUT2D eigenvalue weighted by Gasteiger charge is -2.38. The van der Waals surface area contributed by atoms with Crippen molar-refractivity contribution in [2.45, 2.75) is 51.9 Å². The average molecular weight is 459 g/mol. The lowest BCUT2D eigenvalue weighted by Crippen LogP contribution is -2.42. The smallest absolute Gasteiger partial charge is 0.303 e. The van der Waals surface area contributed by atoms with Crippen LogP contribution in [0, 0.1) is 11.8 Å². The van der Waals surface area contributed by atoms with Crippen molar-refractivity contribution in [3.8, 4) is 5.75 Å². The molecular formula is C26H38N2O3S. The number of nitrogens with zero attached hydrogens (tertiary/aromatic N) is 2. The minimum atomic E-state index is -0.660. The van der Waals surface area contributed by atoms with Crippen molar-refractivity contribution in [3.63, 3.8) is 0 Å². The average Bonchev–Trinajstić information content (AvgIpc) is 2.79. The number of aliphatic carboxylic acids is 1. The highest BCUT2D eigenvalue weighted by Crippen LogP contribution is 2.32. The van der Waals surface area contributed by atoms with Gasteiger partial charge in [0.25, 0.3) is 0 Å². The van der Waals surface area contributed by atoms with Gasteiger partial charge in [-0.05, 0) is 105 Å². The highest BCUT2D eigenvalue weighted by molar-refractivity contribution is 7.99. The van der Waals surface area contributed by atoms with E-state index in [1.165, 1.54) is 29.9 Å². The molecule has 1 aromatic heterocycles. The molecule has 1 saturated heterocycles. The summed E-state index contributed by atoms with van der Waals surface area (Å²) in [6.07, 6.45) is 8.88. The lowest BCUT2D eigenvalue weighted by molar-refractivity contribution is -0.139. The fourth-order valence-corrected chi connectivity index (χ4v) is 5.74. The Morgan fingerprint density at radius 1 is 1.25 bits per heavy atom. The van der Waals surface area contributed by atoms with Crippen LogP contribution in [0.2, 0.25) is 0 Å². The van der Waals surface area contributed by atoms with Gasteiger partial charge >= 0.3 is 5.97 Å². The van der Waals surface area contributed by atoms with Gasteiger partial charge in [0.2, 0.25) is 0 Å². The second-order valence-corrected chi connectivity index (χ2v) is 10.1. The summed E-state index contributed by atoms with van der Waals surface area (Å²) in [5.41, 5.74) is 2.29. The van der Waals surface area contributed by atoms with E-state index in [2.05, 4.69) is 28.9 Å². The van der Waals surface area contributed by atoms with E-state index in [1.54, 1.807) is 7.11 Å². The summed E-state index contributed by atoms with van der Waals surface area (Å²) in [6.45, 7) is 5.37. The van der Waals surface area contributed by atoms with Crippen molar-refractivity contribution < 1.29 is 14.6 Å². The number of pyridine rings is 1. The van der Waals surface area contributed by atoms with Crippen molar-refractivity contribution >= 4 is 28.6 Å². The zero-order valence-corrected chi connectivity index (χ0v) is 20.4. The molecule has 176 valence electrons. The van der Waals surface area contributed by atoms with Gasteiger partial charge in [-0.1, -0.05) is 6.92 Å². The molecule has 32 heavy (non-hydrogen) atoms. The molecular weight excluding hydrogens is 420 g/mol. The molecule has 0 unspecified atom stereocenters. The predicted molar refractivity (Wildman–Crippen MR) is 134 cm³/mol. The predicted octanol–water partition coefficient (Wildman–Crippen LogP) is 5.51. The van der Waals surface area contributed by atoms with E-state index < -0.39 is 5.97 Å². The Morgan fingerprint density at radius 2 is 2.12 bits per heavy atom. The molecule has 0 amide bonds. The van der Waals surface area contributed by atoms with Crippen LogP contribution < -0.4 is 4.74 Å². The maximum atomic E-state index is 11.5. The molecule has 1 aliphatic heterocycles. The Labute approximate surface area is 196 Å². The summed E-state index contributed by atoms with van der Waals surface area (Å²) in [7, 11) is 1.69. The van der Waals surface area contributed by atoms with Crippen LogP contribution in [-0.4, -0.2) is 59.2 Å². The molecule has 6 heteroatoms. The number of hydrogen-bond donors (Lipinski definition) is 1. The van der Waals surface area contributed by atoms with Crippen LogP contribution >= 0.6 is 11.8 Å².